The number of hydrogen-bond acceptors (Lipinski definition) is 4. The molecule has 19 heavy (non-hydrogen) atoms. The third kappa shape index (κ3) is 3.17. The molecule has 0 fully saturated rings. The molecule has 0 bridgehead atoms. The molecule has 1 aromatic rings. The van der Waals surface area contributed by atoms with Crippen LogP contribution in [0.1, 0.15) is 18.5 Å². The maximum Gasteiger partial charge on any atom is 0.279 e. The summed E-state index contributed by atoms with van der Waals surface area (Å²) < 4.78 is 38.1. The lowest BCUT2D eigenvalue weighted by Gasteiger charge is -2.22. The van der Waals surface area contributed by atoms with E-state index in [-0.39, 0.29) is 6.04 Å². The number of nitrogens with one attached hydrogen (secondary N) is 1. The summed E-state index contributed by atoms with van der Waals surface area (Å²) in [5.74, 6) is 1.34. The van der Waals surface area contributed by atoms with Crippen LogP contribution in [0.2, 0.25) is 0 Å². The van der Waals surface area contributed by atoms with E-state index < -0.39 is 10.2 Å². The smallest absolute Gasteiger partial charge is 0.279 e. The minimum atomic E-state index is -3.46. The summed E-state index contributed by atoms with van der Waals surface area (Å²) in [5, 5.41) is 0. The lowest BCUT2D eigenvalue weighted by atomic mass is 10.1. The van der Waals surface area contributed by atoms with E-state index in [2.05, 4.69) is 4.72 Å². The second-order valence-electron chi connectivity index (χ2n) is 4.53. The molecule has 0 saturated heterocycles. The zero-order chi connectivity index (χ0) is 14.0. The zero-order valence-corrected chi connectivity index (χ0v) is 12.0. The molecule has 1 heterocycles. The second-order valence-corrected chi connectivity index (χ2v) is 6.45. The van der Waals surface area contributed by atoms with Crippen LogP contribution in [0.25, 0.3) is 0 Å². The summed E-state index contributed by atoms with van der Waals surface area (Å²) in [4.78, 5) is 0. The van der Waals surface area contributed by atoms with Gasteiger partial charge in [0.2, 0.25) is 0 Å². The molecule has 6 nitrogen and oxygen atoms in total. The Labute approximate surface area is 113 Å². The van der Waals surface area contributed by atoms with Gasteiger partial charge in [0.1, 0.15) is 13.2 Å². The molecule has 7 heteroatoms. The van der Waals surface area contributed by atoms with Gasteiger partial charge in [-0.05, 0) is 24.6 Å². The number of ether oxygens (including phenoxy) is 2. The Morgan fingerprint density at radius 3 is 2.47 bits per heavy atom. The molecule has 1 aliphatic heterocycles. The first kappa shape index (κ1) is 14.1. The predicted octanol–water partition coefficient (Wildman–Crippen LogP) is 0.915. The van der Waals surface area contributed by atoms with Crippen molar-refractivity contribution in [1.29, 1.82) is 0 Å². The van der Waals surface area contributed by atoms with Gasteiger partial charge in [-0.15, -0.1) is 0 Å². The molecule has 0 aromatic heterocycles. The first-order chi connectivity index (χ1) is 8.90. The lowest BCUT2D eigenvalue weighted by Crippen LogP contribution is -2.37. The molecule has 0 amide bonds. The fourth-order valence-electron chi connectivity index (χ4n) is 1.73. The Morgan fingerprint density at radius 2 is 1.84 bits per heavy atom. The van der Waals surface area contributed by atoms with Crippen LogP contribution in [0.5, 0.6) is 11.5 Å². The Kier molecular flexibility index (Phi) is 3.98. The summed E-state index contributed by atoms with van der Waals surface area (Å²) in [6.07, 6.45) is 0. The molecular formula is C12H18N2O4S. The Bertz CT molecular complexity index is 557. The first-order valence-electron chi connectivity index (χ1n) is 5.99. The van der Waals surface area contributed by atoms with E-state index in [0.717, 1.165) is 9.87 Å². The van der Waals surface area contributed by atoms with Crippen molar-refractivity contribution >= 4 is 10.2 Å². The summed E-state index contributed by atoms with van der Waals surface area (Å²) in [6, 6.07) is 5.08. The Morgan fingerprint density at radius 1 is 1.21 bits per heavy atom. The first-order valence-corrected chi connectivity index (χ1v) is 7.43. The summed E-state index contributed by atoms with van der Waals surface area (Å²) >= 11 is 0. The monoisotopic (exact) mass is 286 g/mol. The van der Waals surface area contributed by atoms with Crippen molar-refractivity contribution in [2.45, 2.75) is 13.0 Å². The van der Waals surface area contributed by atoms with Gasteiger partial charge in [-0.25, -0.2) is 0 Å². The molecule has 0 saturated carbocycles. The Hall–Kier alpha value is -1.31. The van der Waals surface area contributed by atoms with Crippen molar-refractivity contribution in [3.8, 4) is 11.5 Å². The van der Waals surface area contributed by atoms with E-state index in [9.17, 15) is 8.42 Å². The van der Waals surface area contributed by atoms with Crippen molar-refractivity contribution in [3.05, 3.63) is 23.8 Å². The highest BCUT2D eigenvalue weighted by Gasteiger charge is 2.20. The largest absolute Gasteiger partial charge is 0.486 e. The van der Waals surface area contributed by atoms with Crippen molar-refractivity contribution < 1.29 is 17.9 Å². The molecule has 0 aliphatic carbocycles. The fourth-order valence-corrected chi connectivity index (χ4v) is 2.52. The summed E-state index contributed by atoms with van der Waals surface area (Å²) in [5.41, 5.74) is 0.828. The van der Waals surface area contributed by atoms with Crippen molar-refractivity contribution in [2.24, 2.45) is 0 Å². The van der Waals surface area contributed by atoms with E-state index >= 15 is 0 Å². The number of rotatable bonds is 4. The summed E-state index contributed by atoms with van der Waals surface area (Å²) in [6.45, 7) is 2.83. The van der Waals surface area contributed by atoms with Gasteiger partial charge in [-0.1, -0.05) is 6.07 Å². The Balaban J connectivity index is 2.18. The van der Waals surface area contributed by atoms with Crippen LogP contribution in [0, 0.1) is 0 Å². The van der Waals surface area contributed by atoms with Crippen LogP contribution >= 0.6 is 0 Å². The van der Waals surface area contributed by atoms with Crippen LogP contribution in [0.3, 0.4) is 0 Å². The third-order valence-electron chi connectivity index (χ3n) is 2.87. The molecule has 1 unspecified atom stereocenters. The number of nitrogens with zero attached hydrogens (tertiary/aromatic N) is 1. The maximum atomic E-state index is 11.8. The fraction of sp³-hybridized carbons (Fsp3) is 0.500. The van der Waals surface area contributed by atoms with Crippen molar-refractivity contribution in [3.63, 3.8) is 0 Å². The number of hydrogen-bond donors (Lipinski definition) is 1. The van der Waals surface area contributed by atoms with Crippen LogP contribution in [-0.2, 0) is 10.2 Å². The molecule has 1 N–H and O–H groups in total. The maximum absolute atomic E-state index is 11.8. The van der Waals surface area contributed by atoms with Gasteiger partial charge in [0.05, 0.1) is 0 Å². The van der Waals surface area contributed by atoms with E-state index in [4.69, 9.17) is 9.47 Å². The third-order valence-corrected chi connectivity index (χ3v) is 4.49. The molecule has 1 aliphatic rings. The van der Waals surface area contributed by atoms with Gasteiger partial charge in [0.15, 0.2) is 11.5 Å². The molecule has 1 atom stereocenters. The number of fused-ring (bicyclic) bond motifs is 1. The average Bonchev–Trinajstić information content (AvgIpc) is 2.37. The highest BCUT2D eigenvalue weighted by molar-refractivity contribution is 7.87. The molecule has 0 spiro atoms. The van der Waals surface area contributed by atoms with Crippen LogP contribution in [0.15, 0.2) is 18.2 Å². The zero-order valence-electron chi connectivity index (χ0n) is 11.2. The van der Waals surface area contributed by atoms with E-state index in [1.165, 1.54) is 14.1 Å². The topological polar surface area (TPSA) is 67.9 Å². The van der Waals surface area contributed by atoms with Crippen molar-refractivity contribution in [1.82, 2.24) is 9.03 Å². The van der Waals surface area contributed by atoms with Crippen molar-refractivity contribution in [2.75, 3.05) is 27.3 Å². The normalized spacial score (nSPS) is 16.4. The molecule has 2 rings (SSSR count). The van der Waals surface area contributed by atoms with E-state index in [1.807, 2.05) is 6.07 Å². The van der Waals surface area contributed by atoms with Gasteiger partial charge in [-0.2, -0.15) is 17.4 Å². The van der Waals surface area contributed by atoms with Gasteiger partial charge in [0.25, 0.3) is 10.2 Å². The molecule has 1 aromatic carbocycles. The van der Waals surface area contributed by atoms with Gasteiger partial charge < -0.3 is 9.47 Å². The van der Waals surface area contributed by atoms with E-state index in [0.29, 0.717) is 24.7 Å². The van der Waals surface area contributed by atoms with Gasteiger partial charge in [-0.3, -0.25) is 0 Å². The highest BCUT2D eigenvalue weighted by Crippen LogP contribution is 2.32. The highest BCUT2D eigenvalue weighted by atomic mass is 32.2. The molecule has 0 radical (unpaired) electrons. The molecule has 106 valence electrons. The standard InChI is InChI=1S/C12H18N2O4S/c1-9(13-19(15,16)14(2)3)10-4-5-11-12(8-10)18-7-6-17-11/h4-5,8-9,13H,6-7H2,1-3H3. The molecular weight excluding hydrogens is 268 g/mol. The van der Waals surface area contributed by atoms with Crippen LogP contribution in [-0.4, -0.2) is 40.0 Å². The summed E-state index contributed by atoms with van der Waals surface area (Å²) in [7, 11) is -0.486. The quantitative estimate of drug-likeness (QED) is 0.893. The SMILES string of the molecule is CC(NS(=O)(=O)N(C)C)c1ccc2c(c1)OCCO2. The second kappa shape index (κ2) is 5.36. The van der Waals surface area contributed by atoms with Gasteiger partial charge >= 0.3 is 0 Å². The minimum Gasteiger partial charge on any atom is -0.486 e. The predicted molar refractivity (Wildman–Crippen MR) is 71.6 cm³/mol. The van der Waals surface area contributed by atoms with Crippen LogP contribution < -0.4 is 14.2 Å². The number of benzene rings is 1. The average molecular weight is 286 g/mol. The van der Waals surface area contributed by atoms with E-state index in [1.54, 1.807) is 19.1 Å². The lowest BCUT2D eigenvalue weighted by molar-refractivity contribution is 0.171. The van der Waals surface area contributed by atoms with Crippen LogP contribution in [0.4, 0.5) is 0 Å². The minimum absolute atomic E-state index is 0.344. The van der Waals surface area contributed by atoms with Gasteiger partial charge in [0, 0.05) is 20.1 Å².